The van der Waals surface area contributed by atoms with Gasteiger partial charge in [-0.2, -0.15) is 0 Å². The number of carbonyl (C=O) groups is 2. The van der Waals surface area contributed by atoms with Gasteiger partial charge < -0.3 is 19.7 Å². The summed E-state index contributed by atoms with van der Waals surface area (Å²) in [7, 11) is -1.51. The van der Waals surface area contributed by atoms with E-state index < -0.39 is 28.5 Å². The maximum atomic E-state index is 14.2. The Morgan fingerprint density at radius 3 is 2.16 bits per heavy atom. The summed E-state index contributed by atoms with van der Waals surface area (Å²) in [5.74, 6) is -0.416. The molecule has 0 aliphatic heterocycles. The summed E-state index contributed by atoms with van der Waals surface area (Å²) in [5, 5.41) is 4.15. The van der Waals surface area contributed by atoms with Crippen molar-refractivity contribution in [3.05, 3.63) is 81.3 Å². The van der Waals surface area contributed by atoms with Crippen LogP contribution >= 0.6 is 34.8 Å². The van der Waals surface area contributed by atoms with Gasteiger partial charge in [0.05, 0.1) is 24.8 Å². The smallest absolute Gasteiger partial charge is 0.264 e. The number of carbonyl (C=O) groups excluding carboxylic acids is 2. The van der Waals surface area contributed by atoms with Crippen LogP contribution < -0.4 is 19.1 Å². The lowest BCUT2D eigenvalue weighted by molar-refractivity contribution is -0.139. The van der Waals surface area contributed by atoms with Crippen LogP contribution in [0.25, 0.3) is 0 Å². The van der Waals surface area contributed by atoms with Crippen molar-refractivity contribution in [2.24, 2.45) is 0 Å². The third kappa shape index (κ3) is 7.90. The lowest BCUT2D eigenvalue weighted by Crippen LogP contribution is -2.52. The second kappa shape index (κ2) is 14.7. The molecule has 236 valence electrons. The average Bonchev–Trinajstić information content (AvgIpc) is 3.52. The summed E-state index contributed by atoms with van der Waals surface area (Å²) in [5.41, 5.74) is 0.746. The van der Waals surface area contributed by atoms with Crippen LogP contribution in [0.1, 0.15) is 38.2 Å². The average molecular weight is 683 g/mol. The molecule has 9 nitrogen and oxygen atoms in total. The van der Waals surface area contributed by atoms with Gasteiger partial charge in [-0.15, -0.1) is 0 Å². The zero-order chi connectivity index (χ0) is 32.0. The number of hydrogen-bond donors (Lipinski definition) is 1. The predicted octanol–water partition coefficient (Wildman–Crippen LogP) is 6.34. The summed E-state index contributed by atoms with van der Waals surface area (Å²) in [6.45, 7) is 0.936. The summed E-state index contributed by atoms with van der Waals surface area (Å²) in [6.07, 6.45) is 3.77. The lowest BCUT2D eigenvalue weighted by atomic mass is 10.1. The van der Waals surface area contributed by atoms with Gasteiger partial charge in [-0.25, -0.2) is 8.42 Å². The van der Waals surface area contributed by atoms with Crippen LogP contribution in [0.3, 0.4) is 0 Å². The number of anilines is 1. The third-order valence-corrected chi connectivity index (χ3v) is 10.2. The van der Waals surface area contributed by atoms with Crippen LogP contribution in [0.15, 0.2) is 65.6 Å². The normalized spacial score (nSPS) is 14.1. The summed E-state index contributed by atoms with van der Waals surface area (Å²) < 4.78 is 39.8. The van der Waals surface area contributed by atoms with Gasteiger partial charge in [-0.1, -0.05) is 53.7 Å². The van der Waals surface area contributed by atoms with Gasteiger partial charge in [0.1, 0.15) is 12.6 Å². The van der Waals surface area contributed by atoms with Crippen molar-refractivity contribution in [2.75, 3.05) is 25.1 Å². The second-order valence-corrected chi connectivity index (χ2v) is 13.6. The molecule has 1 aliphatic carbocycles. The number of halogens is 3. The van der Waals surface area contributed by atoms with Gasteiger partial charge in [-0.05, 0) is 73.9 Å². The monoisotopic (exact) mass is 681 g/mol. The van der Waals surface area contributed by atoms with Crippen LogP contribution in [0.4, 0.5) is 5.69 Å². The Hall–Kier alpha value is -3.18. The number of ether oxygens (including phenoxy) is 2. The van der Waals surface area contributed by atoms with Gasteiger partial charge in [0.25, 0.3) is 10.0 Å². The number of nitrogens with one attached hydrogen (secondary N) is 1. The molecule has 1 aliphatic rings. The second-order valence-electron chi connectivity index (χ2n) is 10.4. The minimum absolute atomic E-state index is 0.0250. The largest absolute Gasteiger partial charge is 0.493 e. The molecule has 3 aromatic rings. The molecule has 44 heavy (non-hydrogen) atoms. The van der Waals surface area contributed by atoms with E-state index in [0.717, 1.165) is 30.0 Å². The van der Waals surface area contributed by atoms with Gasteiger partial charge >= 0.3 is 0 Å². The van der Waals surface area contributed by atoms with Crippen molar-refractivity contribution in [1.29, 1.82) is 0 Å². The van der Waals surface area contributed by atoms with Gasteiger partial charge in [0.15, 0.2) is 11.5 Å². The van der Waals surface area contributed by atoms with Crippen molar-refractivity contribution in [1.82, 2.24) is 10.2 Å². The Balaban J connectivity index is 1.73. The highest BCUT2D eigenvalue weighted by Crippen LogP contribution is 2.33. The quantitative estimate of drug-likeness (QED) is 0.239. The van der Waals surface area contributed by atoms with Crippen LogP contribution in [0.2, 0.25) is 15.1 Å². The zero-order valence-electron chi connectivity index (χ0n) is 24.6. The van der Waals surface area contributed by atoms with Gasteiger partial charge in [0.2, 0.25) is 11.8 Å². The molecular weight excluding hydrogens is 649 g/mol. The van der Waals surface area contributed by atoms with Crippen molar-refractivity contribution < 1.29 is 27.5 Å². The molecule has 1 fully saturated rings. The number of hydrogen-bond acceptors (Lipinski definition) is 6. The van der Waals surface area contributed by atoms with E-state index in [-0.39, 0.29) is 34.8 Å². The van der Waals surface area contributed by atoms with E-state index in [1.807, 2.05) is 0 Å². The Bertz CT molecular complexity index is 1600. The van der Waals surface area contributed by atoms with Gasteiger partial charge in [-0.3, -0.25) is 13.9 Å². The van der Waals surface area contributed by atoms with E-state index in [0.29, 0.717) is 26.4 Å². The first-order valence-electron chi connectivity index (χ1n) is 14.0. The highest BCUT2D eigenvalue weighted by Gasteiger charge is 2.34. The molecule has 2 amide bonds. The van der Waals surface area contributed by atoms with Crippen LogP contribution in [-0.4, -0.2) is 58.0 Å². The van der Waals surface area contributed by atoms with E-state index in [2.05, 4.69) is 5.32 Å². The predicted molar refractivity (Wildman–Crippen MR) is 172 cm³/mol. The first-order valence-corrected chi connectivity index (χ1v) is 16.6. The number of nitrogens with zero attached hydrogens (tertiary/aromatic N) is 2. The molecule has 0 saturated heterocycles. The Morgan fingerprint density at radius 1 is 0.909 bits per heavy atom. The minimum atomic E-state index is -4.34. The molecule has 13 heteroatoms. The minimum Gasteiger partial charge on any atom is -0.493 e. The fourth-order valence-electron chi connectivity index (χ4n) is 5.05. The number of amides is 2. The first kappa shape index (κ1) is 33.7. The summed E-state index contributed by atoms with van der Waals surface area (Å²) in [4.78, 5) is 28.7. The molecule has 1 saturated carbocycles. The van der Waals surface area contributed by atoms with E-state index in [4.69, 9.17) is 44.3 Å². The van der Waals surface area contributed by atoms with Crippen LogP contribution in [-0.2, 0) is 26.2 Å². The summed E-state index contributed by atoms with van der Waals surface area (Å²) >= 11 is 18.7. The van der Waals surface area contributed by atoms with Gasteiger partial charge in [0, 0.05) is 33.7 Å². The maximum Gasteiger partial charge on any atom is 0.264 e. The fourth-order valence-corrected chi connectivity index (χ4v) is 7.07. The molecule has 0 spiro atoms. The van der Waals surface area contributed by atoms with Crippen molar-refractivity contribution in [2.45, 2.75) is 56.1 Å². The maximum absolute atomic E-state index is 14.2. The highest BCUT2D eigenvalue weighted by atomic mass is 35.5. The number of methoxy groups -OCH3 is 2. The molecule has 0 unspecified atom stereocenters. The number of benzene rings is 3. The SMILES string of the molecule is COc1ccc(S(=O)(=O)N(CC(=O)N(Cc2ccc(Cl)cc2Cl)[C@H](C)C(=O)NC2CCCC2)c2ccc(Cl)cc2)cc1OC. The van der Waals surface area contributed by atoms with E-state index in [1.165, 1.54) is 61.6 Å². The molecule has 1 N–H and O–H groups in total. The Labute approximate surface area is 273 Å². The van der Waals surface area contributed by atoms with Crippen LogP contribution in [0, 0.1) is 0 Å². The number of sulfonamides is 1. The third-order valence-electron chi connectivity index (χ3n) is 7.56. The number of rotatable bonds is 12. The Morgan fingerprint density at radius 2 is 1.55 bits per heavy atom. The molecular formula is C31H34Cl3N3O6S. The van der Waals surface area contributed by atoms with E-state index in [9.17, 15) is 18.0 Å². The molecule has 0 aromatic heterocycles. The summed E-state index contributed by atoms with van der Waals surface area (Å²) in [6, 6.07) is 14.2. The molecule has 0 radical (unpaired) electrons. The van der Waals surface area contributed by atoms with E-state index in [1.54, 1.807) is 25.1 Å². The lowest BCUT2D eigenvalue weighted by Gasteiger charge is -2.32. The molecule has 1 atom stereocenters. The van der Waals surface area contributed by atoms with E-state index >= 15 is 0 Å². The Kier molecular flexibility index (Phi) is 11.3. The van der Waals surface area contributed by atoms with Crippen molar-refractivity contribution in [3.8, 4) is 11.5 Å². The van der Waals surface area contributed by atoms with Crippen molar-refractivity contribution >= 4 is 62.3 Å². The standard InChI is InChI=1S/C31H34Cl3N3O6S/c1-20(31(39)35-24-6-4-5-7-24)36(18-21-8-9-23(33)16-27(21)34)30(38)19-37(25-12-10-22(32)11-13-25)44(40,41)26-14-15-28(42-2)29(17-26)43-3/h8-17,20,24H,4-7,18-19H2,1-3H3,(H,35,39)/t20-/m1/s1. The fraction of sp³-hybridized carbons (Fsp3) is 0.355. The molecule has 0 heterocycles. The van der Waals surface area contributed by atoms with Crippen molar-refractivity contribution in [3.63, 3.8) is 0 Å². The van der Waals surface area contributed by atoms with Crippen LogP contribution in [0.5, 0.6) is 11.5 Å². The highest BCUT2D eigenvalue weighted by molar-refractivity contribution is 7.92. The zero-order valence-corrected chi connectivity index (χ0v) is 27.6. The molecule has 0 bridgehead atoms. The molecule has 4 rings (SSSR count). The topological polar surface area (TPSA) is 105 Å². The molecule has 3 aromatic carbocycles. The first-order chi connectivity index (χ1) is 20.9.